The number of rotatable bonds is 6. The molecular formula is C16H25N3O2. The van der Waals surface area contributed by atoms with Gasteiger partial charge in [-0.3, -0.25) is 4.79 Å². The zero-order valence-electron chi connectivity index (χ0n) is 13.1. The highest BCUT2D eigenvalue weighted by Gasteiger charge is 2.29. The van der Waals surface area contributed by atoms with Gasteiger partial charge in [0.25, 0.3) is 5.91 Å². The summed E-state index contributed by atoms with van der Waals surface area (Å²) in [6.07, 6.45) is 2.45. The second kappa shape index (κ2) is 6.89. The lowest BCUT2D eigenvalue weighted by molar-refractivity contribution is 0.0265. The van der Waals surface area contributed by atoms with E-state index in [-0.39, 0.29) is 12.0 Å². The lowest BCUT2D eigenvalue weighted by Gasteiger charge is -2.34. The molecule has 1 amide bonds. The molecule has 0 aromatic carbocycles. The van der Waals surface area contributed by atoms with E-state index in [1.807, 2.05) is 26.1 Å². The van der Waals surface area contributed by atoms with E-state index in [9.17, 15) is 9.90 Å². The molecule has 2 N–H and O–H groups in total. The predicted molar refractivity (Wildman–Crippen MR) is 83.4 cm³/mol. The maximum Gasteiger partial charge on any atom is 0.253 e. The summed E-state index contributed by atoms with van der Waals surface area (Å²) in [5, 5.41) is 12.5. The Hall–Kier alpha value is -1.62. The summed E-state index contributed by atoms with van der Waals surface area (Å²) >= 11 is 0. The molecule has 1 aromatic heterocycles. The van der Waals surface area contributed by atoms with Crippen LogP contribution in [0, 0.1) is 12.8 Å². The van der Waals surface area contributed by atoms with Crippen LogP contribution in [0.25, 0.3) is 0 Å². The number of nitrogens with zero attached hydrogens (tertiary/aromatic N) is 2. The van der Waals surface area contributed by atoms with E-state index in [2.05, 4.69) is 17.2 Å². The molecule has 0 aliphatic heterocycles. The minimum Gasteiger partial charge on any atom is -0.393 e. The SMILES string of the molecule is CCCNc1cc(C(=O)N(C)CC2CC(O)C2)cc(C)n1. The van der Waals surface area contributed by atoms with Crippen molar-refractivity contribution in [2.75, 3.05) is 25.5 Å². The molecule has 116 valence electrons. The lowest BCUT2D eigenvalue weighted by Crippen LogP contribution is -2.39. The highest BCUT2D eigenvalue weighted by atomic mass is 16.3. The number of carbonyl (C=O) groups is 1. The molecule has 0 bridgehead atoms. The first kappa shape index (κ1) is 15.8. The first-order valence-electron chi connectivity index (χ1n) is 7.65. The highest BCUT2D eigenvalue weighted by Crippen LogP contribution is 2.28. The Labute approximate surface area is 126 Å². The normalized spacial score (nSPS) is 20.8. The first-order valence-corrected chi connectivity index (χ1v) is 7.65. The van der Waals surface area contributed by atoms with Gasteiger partial charge in [0.2, 0.25) is 0 Å². The van der Waals surface area contributed by atoms with E-state index in [0.717, 1.165) is 37.3 Å². The van der Waals surface area contributed by atoms with Gasteiger partial charge in [-0.25, -0.2) is 4.98 Å². The van der Waals surface area contributed by atoms with Crippen LogP contribution in [0.15, 0.2) is 12.1 Å². The van der Waals surface area contributed by atoms with Crippen LogP contribution < -0.4 is 5.32 Å². The zero-order valence-corrected chi connectivity index (χ0v) is 13.1. The third-order valence-electron chi connectivity index (χ3n) is 3.85. The lowest BCUT2D eigenvalue weighted by atomic mass is 9.82. The molecule has 0 atom stereocenters. The minimum absolute atomic E-state index is 0.0152. The number of anilines is 1. The standard InChI is InChI=1S/C16H25N3O2/c1-4-5-17-15-9-13(6-11(2)18-15)16(21)19(3)10-12-7-14(20)8-12/h6,9,12,14,20H,4-5,7-8,10H2,1-3H3,(H,17,18). The fourth-order valence-electron chi connectivity index (χ4n) is 2.68. The van der Waals surface area contributed by atoms with Crippen LogP contribution in [0.1, 0.15) is 42.2 Å². The molecule has 0 radical (unpaired) electrons. The largest absolute Gasteiger partial charge is 0.393 e. The fourth-order valence-corrected chi connectivity index (χ4v) is 2.68. The highest BCUT2D eigenvalue weighted by molar-refractivity contribution is 5.94. The molecule has 5 nitrogen and oxygen atoms in total. The van der Waals surface area contributed by atoms with Gasteiger partial charge in [-0.05, 0) is 44.2 Å². The number of hydrogen-bond acceptors (Lipinski definition) is 4. The maximum absolute atomic E-state index is 12.5. The molecule has 5 heteroatoms. The first-order chi connectivity index (χ1) is 9.99. The van der Waals surface area contributed by atoms with Gasteiger partial charge >= 0.3 is 0 Å². The van der Waals surface area contributed by atoms with E-state index in [1.54, 1.807) is 4.90 Å². The molecular weight excluding hydrogens is 266 g/mol. The van der Waals surface area contributed by atoms with Crippen molar-refractivity contribution in [1.29, 1.82) is 0 Å². The summed E-state index contributed by atoms with van der Waals surface area (Å²) in [6.45, 7) is 5.54. The van der Waals surface area contributed by atoms with Gasteiger partial charge in [-0.15, -0.1) is 0 Å². The third kappa shape index (κ3) is 4.17. The number of nitrogens with one attached hydrogen (secondary N) is 1. The smallest absolute Gasteiger partial charge is 0.253 e. The van der Waals surface area contributed by atoms with Crippen LogP contribution in [0.4, 0.5) is 5.82 Å². The average molecular weight is 291 g/mol. The van der Waals surface area contributed by atoms with Crippen LogP contribution in [0.5, 0.6) is 0 Å². The maximum atomic E-state index is 12.5. The molecule has 1 heterocycles. The Kier molecular flexibility index (Phi) is 5.17. The molecule has 1 aliphatic carbocycles. The third-order valence-corrected chi connectivity index (χ3v) is 3.85. The van der Waals surface area contributed by atoms with E-state index in [0.29, 0.717) is 18.0 Å². The molecule has 0 saturated heterocycles. The van der Waals surface area contributed by atoms with Crippen molar-refractivity contribution in [2.45, 2.75) is 39.2 Å². The fraction of sp³-hybridized carbons (Fsp3) is 0.625. The van der Waals surface area contributed by atoms with Gasteiger partial charge in [-0.1, -0.05) is 6.92 Å². The van der Waals surface area contributed by atoms with Crippen LogP contribution in [-0.2, 0) is 0 Å². The molecule has 2 rings (SSSR count). The second-order valence-corrected chi connectivity index (χ2v) is 5.99. The van der Waals surface area contributed by atoms with E-state index in [1.165, 1.54) is 0 Å². The number of aryl methyl sites for hydroxylation is 1. The summed E-state index contributed by atoms with van der Waals surface area (Å²) in [5.41, 5.74) is 1.51. The molecule has 21 heavy (non-hydrogen) atoms. The van der Waals surface area contributed by atoms with Crippen molar-refractivity contribution in [1.82, 2.24) is 9.88 Å². The van der Waals surface area contributed by atoms with Gasteiger partial charge in [0, 0.05) is 31.4 Å². The number of pyridine rings is 1. The van der Waals surface area contributed by atoms with Crippen molar-refractivity contribution in [2.24, 2.45) is 5.92 Å². The molecule has 0 unspecified atom stereocenters. The Balaban J connectivity index is 2.01. The summed E-state index contributed by atoms with van der Waals surface area (Å²) in [6, 6.07) is 3.64. The number of aliphatic hydroxyl groups is 1. The van der Waals surface area contributed by atoms with Gasteiger partial charge in [0.05, 0.1) is 6.10 Å². The second-order valence-electron chi connectivity index (χ2n) is 5.99. The van der Waals surface area contributed by atoms with Crippen LogP contribution in [0.3, 0.4) is 0 Å². The quantitative estimate of drug-likeness (QED) is 0.842. The van der Waals surface area contributed by atoms with Crippen LogP contribution in [0.2, 0.25) is 0 Å². The number of amides is 1. The van der Waals surface area contributed by atoms with Crippen molar-refractivity contribution >= 4 is 11.7 Å². The molecule has 1 saturated carbocycles. The molecule has 0 spiro atoms. The van der Waals surface area contributed by atoms with Crippen molar-refractivity contribution in [3.05, 3.63) is 23.4 Å². The summed E-state index contributed by atoms with van der Waals surface area (Å²) in [7, 11) is 1.82. The summed E-state index contributed by atoms with van der Waals surface area (Å²) < 4.78 is 0. The Morgan fingerprint density at radius 1 is 1.48 bits per heavy atom. The van der Waals surface area contributed by atoms with Crippen molar-refractivity contribution in [3.8, 4) is 0 Å². The van der Waals surface area contributed by atoms with Gasteiger partial charge in [-0.2, -0.15) is 0 Å². The Morgan fingerprint density at radius 2 is 2.19 bits per heavy atom. The summed E-state index contributed by atoms with van der Waals surface area (Å²) in [4.78, 5) is 18.6. The van der Waals surface area contributed by atoms with E-state index >= 15 is 0 Å². The summed E-state index contributed by atoms with van der Waals surface area (Å²) in [5.74, 6) is 1.20. The Bertz CT molecular complexity index is 498. The topological polar surface area (TPSA) is 65.5 Å². The molecule has 1 aliphatic rings. The monoisotopic (exact) mass is 291 g/mol. The predicted octanol–water partition coefficient (Wildman–Crippen LogP) is 2.05. The zero-order chi connectivity index (χ0) is 15.4. The van der Waals surface area contributed by atoms with E-state index in [4.69, 9.17) is 0 Å². The number of carbonyl (C=O) groups excluding carboxylic acids is 1. The number of hydrogen-bond donors (Lipinski definition) is 2. The molecule has 1 fully saturated rings. The van der Waals surface area contributed by atoms with Crippen molar-refractivity contribution in [3.63, 3.8) is 0 Å². The van der Waals surface area contributed by atoms with Crippen LogP contribution in [-0.4, -0.2) is 47.1 Å². The van der Waals surface area contributed by atoms with Crippen LogP contribution >= 0.6 is 0 Å². The average Bonchev–Trinajstić information content (AvgIpc) is 2.42. The number of aliphatic hydroxyl groups excluding tert-OH is 1. The van der Waals surface area contributed by atoms with Gasteiger partial charge < -0.3 is 15.3 Å². The minimum atomic E-state index is -0.175. The van der Waals surface area contributed by atoms with E-state index < -0.39 is 0 Å². The van der Waals surface area contributed by atoms with Gasteiger partial charge in [0.15, 0.2) is 0 Å². The number of aromatic nitrogens is 1. The Morgan fingerprint density at radius 3 is 2.81 bits per heavy atom. The van der Waals surface area contributed by atoms with Crippen molar-refractivity contribution < 1.29 is 9.90 Å². The molecule has 1 aromatic rings. The van der Waals surface area contributed by atoms with Gasteiger partial charge in [0.1, 0.15) is 5.82 Å².